The summed E-state index contributed by atoms with van der Waals surface area (Å²) in [6.07, 6.45) is 7.00. The number of amides is 1. The minimum absolute atomic E-state index is 0.149. The molecule has 2 aromatic rings. The number of hydrogen-bond donors (Lipinski definition) is 0. The summed E-state index contributed by atoms with van der Waals surface area (Å²) in [7, 11) is 0. The minimum atomic E-state index is -0.318. The number of likely N-dealkylation sites (tertiary alicyclic amines) is 1. The molecule has 1 aromatic heterocycles. The van der Waals surface area contributed by atoms with Crippen molar-refractivity contribution in [1.29, 1.82) is 0 Å². The number of rotatable bonds is 6. The Bertz CT molecular complexity index is 716. The summed E-state index contributed by atoms with van der Waals surface area (Å²) in [5, 5.41) is 4.38. The summed E-state index contributed by atoms with van der Waals surface area (Å²) in [5.74, 6) is 0.331. The molecule has 0 aliphatic carbocycles. The highest BCUT2D eigenvalue weighted by atomic mass is 19.1. The van der Waals surface area contributed by atoms with Gasteiger partial charge < -0.3 is 9.64 Å². The van der Waals surface area contributed by atoms with Crippen molar-refractivity contribution in [2.24, 2.45) is 0 Å². The van der Waals surface area contributed by atoms with Gasteiger partial charge in [0.2, 0.25) is 5.91 Å². The van der Waals surface area contributed by atoms with E-state index in [2.05, 4.69) is 5.10 Å². The molecule has 1 aliphatic rings. The Morgan fingerprint density at radius 2 is 2.32 bits per heavy atom. The summed E-state index contributed by atoms with van der Waals surface area (Å²) < 4.78 is 20.5. The van der Waals surface area contributed by atoms with E-state index in [0.717, 1.165) is 24.9 Å². The maximum absolute atomic E-state index is 13.1. The number of ether oxygens (including phenoxy) is 1. The average Bonchev–Trinajstić information content (AvgIpc) is 3.05. The average molecular weight is 345 g/mol. The van der Waals surface area contributed by atoms with Gasteiger partial charge in [-0.05, 0) is 43.9 Å². The molecule has 1 unspecified atom stereocenters. The van der Waals surface area contributed by atoms with Gasteiger partial charge in [0, 0.05) is 31.8 Å². The molecule has 25 heavy (non-hydrogen) atoms. The Morgan fingerprint density at radius 3 is 3.08 bits per heavy atom. The fourth-order valence-electron chi connectivity index (χ4n) is 3.16. The maximum Gasteiger partial charge on any atom is 0.222 e. The molecule has 3 rings (SSSR count). The van der Waals surface area contributed by atoms with Crippen LogP contribution in [0.25, 0.3) is 0 Å². The Balaban J connectivity index is 1.43. The number of piperidine rings is 1. The number of benzene rings is 1. The molecule has 1 aliphatic heterocycles. The zero-order chi connectivity index (χ0) is 17.6. The lowest BCUT2D eigenvalue weighted by Crippen LogP contribution is -2.40. The summed E-state index contributed by atoms with van der Waals surface area (Å²) >= 11 is 0. The fraction of sp³-hybridized carbons (Fsp3) is 0.474. The highest BCUT2D eigenvalue weighted by Gasteiger charge is 2.24. The third kappa shape index (κ3) is 4.81. The molecule has 5 nitrogen and oxygen atoms in total. The van der Waals surface area contributed by atoms with Gasteiger partial charge in [0.15, 0.2) is 0 Å². The normalized spacial score (nSPS) is 17.5. The molecule has 0 radical (unpaired) electrons. The second-order valence-electron chi connectivity index (χ2n) is 6.54. The predicted molar refractivity (Wildman–Crippen MR) is 92.9 cm³/mol. The van der Waals surface area contributed by atoms with E-state index in [1.807, 2.05) is 28.9 Å². The molecular formula is C19H24FN3O2. The molecular weight excluding hydrogens is 321 g/mol. The molecule has 1 amide bonds. The molecule has 1 saturated heterocycles. The smallest absolute Gasteiger partial charge is 0.222 e. The zero-order valence-corrected chi connectivity index (χ0v) is 14.5. The number of aromatic nitrogens is 2. The first-order chi connectivity index (χ1) is 12.1. The van der Waals surface area contributed by atoms with E-state index >= 15 is 0 Å². The molecule has 1 atom stereocenters. The molecule has 134 valence electrons. The quantitative estimate of drug-likeness (QED) is 0.754. The first kappa shape index (κ1) is 17.5. The number of halogens is 1. The second-order valence-corrected chi connectivity index (χ2v) is 6.54. The summed E-state index contributed by atoms with van der Waals surface area (Å²) in [4.78, 5) is 14.4. The van der Waals surface area contributed by atoms with Crippen LogP contribution in [0.2, 0.25) is 0 Å². The lowest BCUT2D eigenvalue weighted by atomic mass is 10.1. The van der Waals surface area contributed by atoms with Gasteiger partial charge >= 0.3 is 0 Å². The topological polar surface area (TPSA) is 47.4 Å². The maximum atomic E-state index is 13.1. The van der Waals surface area contributed by atoms with Gasteiger partial charge in [-0.25, -0.2) is 4.39 Å². The number of hydrogen-bond acceptors (Lipinski definition) is 3. The summed E-state index contributed by atoms with van der Waals surface area (Å²) in [5.41, 5.74) is 1.14. The number of carbonyl (C=O) groups is 1. The van der Waals surface area contributed by atoms with Crippen molar-refractivity contribution in [2.75, 3.05) is 19.7 Å². The molecule has 0 N–H and O–H groups in total. The third-order valence-corrected chi connectivity index (χ3v) is 4.45. The Morgan fingerprint density at radius 1 is 1.44 bits per heavy atom. The second kappa shape index (κ2) is 8.14. The summed E-state index contributed by atoms with van der Waals surface area (Å²) in [6, 6.07) is 6.32. The van der Waals surface area contributed by atoms with Crippen LogP contribution in [-0.4, -0.2) is 40.3 Å². The minimum Gasteiger partial charge on any atom is -0.493 e. The van der Waals surface area contributed by atoms with Crippen molar-refractivity contribution in [3.63, 3.8) is 0 Å². The molecule has 6 heteroatoms. The van der Waals surface area contributed by atoms with Crippen LogP contribution in [0.1, 0.15) is 37.3 Å². The number of nitrogens with zero attached hydrogens (tertiary/aromatic N) is 3. The highest BCUT2D eigenvalue weighted by molar-refractivity contribution is 5.76. The van der Waals surface area contributed by atoms with Gasteiger partial charge in [-0.3, -0.25) is 9.48 Å². The zero-order valence-electron chi connectivity index (χ0n) is 14.5. The molecule has 1 fully saturated rings. The SMILES string of the molecule is Cc1cnn(C2CCCN(C(=O)CCCOc3cccc(F)c3)C2)c1. The van der Waals surface area contributed by atoms with Gasteiger partial charge in [0.05, 0.1) is 18.8 Å². The molecule has 1 aromatic carbocycles. The van der Waals surface area contributed by atoms with Crippen LogP contribution in [0.15, 0.2) is 36.7 Å². The van der Waals surface area contributed by atoms with Crippen molar-refractivity contribution in [3.05, 3.63) is 48.0 Å². The first-order valence-electron chi connectivity index (χ1n) is 8.79. The molecule has 0 saturated carbocycles. The van der Waals surface area contributed by atoms with Crippen molar-refractivity contribution in [1.82, 2.24) is 14.7 Å². The third-order valence-electron chi connectivity index (χ3n) is 4.45. The largest absolute Gasteiger partial charge is 0.493 e. The standard InChI is InChI=1S/C19H24FN3O2/c1-15-12-21-23(13-15)17-6-3-9-22(14-17)19(24)8-4-10-25-18-7-2-5-16(20)11-18/h2,5,7,11-13,17H,3-4,6,8-10,14H2,1H3. The van der Waals surface area contributed by atoms with E-state index < -0.39 is 0 Å². The monoisotopic (exact) mass is 345 g/mol. The van der Waals surface area contributed by atoms with Crippen molar-refractivity contribution < 1.29 is 13.9 Å². The lowest BCUT2D eigenvalue weighted by Gasteiger charge is -2.33. The van der Waals surface area contributed by atoms with Crippen LogP contribution in [0.5, 0.6) is 5.75 Å². The predicted octanol–water partition coefficient (Wildman–Crippen LogP) is 3.35. The van der Waals surface area contributed by atoms with E-state index in [1.54, 1.807) is 12.1 Å². The highest BCUT2D eigenvalue weighted by Crippen LogP contribution is 2.22. The van der Waals surface area contributed by atoms with Crippen LogP contribution >= 0.6 is 0 Å². The van der Waals surface area contributed by atoms with E-state index in [-0.39, 0.29) is 17.8 Å². The van der Waals surface area contributed by atoms with Crippen molar-refractivity contribution in [2.45, 2.75) is 38.6 Å². The van der Waals surface area contributed by atoms with Gasteiger partial charge in [0.25, 0.3) is 0 Å². The number of aryl methyl sites for hydroxylation is 1. The van der Waals surface area contributed by atoms with Crippen LogP contribution in [0, 0.1) is 12.7 Å². The lowest BCUT2D eigenvalue weighted by molar-refractivity contribution is -0.133. The van der Waals surface area contributed by atoms with Gasteiger partial charge in [0.1, 0.15) is 11.6 Å². The van der Waals surface area contributed by atoms with E-state index in [1.165, 1.54) is 12.1 Å². The molecule has 2 heterocycles. The van der Waals surface area contributed by atoms with Crippen LogP contribution in [0.4, 0.5) is 4.39 Å². The first-order valence-corrected chi connectivity index (χ1v) is 8.79. The number of carbonyl (C=O) groups excluding carboxylic acids is 1. The Labute approximate surface area is 147 Å². The molecule has 0 spiro atoms. The van der Waals surface area contributed by atoms with E-state index in [9.17, 15) is 9.18 Å². The summed E-state index contributed by atoms with van der Waals surface area (Å²) in [6.45, 7) is 3.95. The fourth-order valence-corrected chi connectivity index (χ4v) is 3.16. The van der Waals surface area contributed by atoms with Crippen LogP contribution in [-0.2, 0) is 4.79 Å². The van der Waals surface area contributed by atoms with Gasteiger partial charge in [-0.15, -0.1) is 0 Å². The Hall–Kier alpha value is -2.37. The van der Waals surface area contributed by atoms with E-state index in [0.29, 0.717) is 31.7 Å². The molecule has 0 bridgehead atoms. The van der Waals surface area contributed by atoms with Crippen molar-refractivity contribution >= 4 is 5.91 Å². The van der Waals surface area contributed by atoms with Crippen LogP contribution < -0.4 is 4.74 Å². The van der Waals surface area contributed by atoms with Crippen LogP contribution in [0.3, 0.4) is 0 Å². The van der Waals surface area contributed by atoms with Gasteiger partial charge in [-0.2, -0.15) is 5.10 Å². The Kier molecular flexibility index (Phi) is 5.68. The van der Waals surface area contributed by atoms with E-state index in [4.69, 9.17) is 4.74 Å². The van der Waals surface area contributed by atoms with Crippen molar-refractivity contribution in [3.8, 4) is 5.75 Å². The van der Waals surface area contributed by atoms with Gasteiger partial charge in [-0.1, -0.05) is 6.07 Å².